The summed E-state index contributed by atoms with van der Waals surface area (Å²) in [5.74, 6) is 0. The fourth-order valence-electron chi connectivity index (χ4n) is 2.07. The minimum Gasteiger partial charge on any atom is -0.472 e. The molecule has 0 aliphatic carbocycles. The van der Waals surface area contributed by atoms with E-state index in [9.17, 15) is 4.79 Å². The zero-order valence-corrected chi connectivity index (χ0v) is 11.1. The maximum Gasteiger partial charge on any atom is 0.411 e. The second-order valence-electron chi connectivity index (χ2n) is 5.63. The Kier molecular flexibility index (Phi) is 3.20. The molecule has 0 bridgehead atoms. The number of carbonyl (C=O) groups is 1. The van der Waals surface area contributed by atoms with E-state index in [0.29, 0.717) is 6.54 Å². The smallest absolute Gasteiger partial charge is 0.411 e. The molecule has 1 amide bonds. The van der Waals surface area contributed by atoms with Gasteiger partial charge in [-0.2, -0.15) is 0 Å². The quantitative estimate of drug-likeness (QED) is 0.715. The van der Waals surface area contributed by atoms with Crippen LogP contribution in [-0.4, -0.2) is 23.1 Å². The standard InChI is InChI=1S/C14H19NO3/c1-10-7-12(11-5-6-17-9-11)15(8-10)13(16)18-14(2,3)4/h5-6,9,12H,1,7-8H2,2-4H3/t12-/m1/s1. The van der Waals surface area contributed by atoms with Crippen molar-refractivity contribution >= 4 is 6.09 Å². The van der Waals surface area contributed by atoms with Gasteiger partial charge in [-0.25, -0.2) is 4.79 Å². The van der Waals surface area contributed by atoms with Gasteiger partial charge in [-0.05, 0) is 33.3 Å². The molecule has 1 fully saturated rings. The van der Waals surface area contributed by atoms with Crippen LogP contribution in [0.1, 0.15) is 38.8 Å². The van der Waals surface area contributed by atoms with Crippen LogP contribution in [0.25, 0.3) is 0 Å². The number of likely N-dealkylation sites (tertiary alicyclic amines) is 1. The zero-order chi connectivity index (χ0) is 13.3. The molecule has 0 radical (unpaired) electrons. The van der Waals surface area contributed by atoms with E-state index in [4.69, 9.17) is 9.15 Å². The molecule has 1 aromatic rings. The third-order valence-corrected chi connectivity index (χ3v) is 2.81. The summed E-state index contributed by atoms with van der Waals surface area (Å²) < 4.78 is 10.5. The molecule has 18 heavy (non-hydrogen) atoms. The van der Waals surface area contributed by atoms with Gasteiger partial charge in [-0.15, -0.1) is 0 Å². The van der Waals surface area contributed by atoms with Crippen LogP contribution in [0.2, 0.25) is 0 Å². The van der Waals surface area contributed by atoms with E-state index in [2.05, 4.69) is 6.58 Å². The van der Waals surface area contributed by atoms with Gasteiger partial charge in [-0.3, -0.25) is 4.90 Å². The fourth-order valence-corrected chi connectivity index (χ4v) is 2.07. The van der Waals surface area contributed by atoms with E-state index in [-0.39, 0.29) is 12.1 Å². The first kappa shape index (κ1) is 12.7. The summed E-state index contributed by atoms with van der Waals surface area (Å²) in [5.41, 5.74) is 1.54. The molecule has 1 aliphatic heterocycles. The maximum atomic E-state index is 12.1. The van der Waals surface area contributed by atoms with Gasteiger partial charge in [0.15, 0.2) is 0 Å². The van der Waals surface area contributed by atoms with Crippen LogP contribution in [0.15, 0.2) is 35.2 Å². The molecule has 0 aromatic carbocycles. The second kappa shape index (κ2) is 4.52. The molecule has 4 heteroatoms. The highest BCUT2D eigenvalue weighted by molar-refractivity contribution is 5.70. The molecular weight excluding hydrogens is 230 g/mol. The van der Waals surface area contributed by atoms with Crippen molar-refractivity contribution in [2.24, 2.45) is 0 Å². The van der Waals surface area contributed by atoms with Crippen molar-refractivity contribution in [2.75, 3.05) is 6.54 Å². The van der Waals surface area contributed by atoms with Gasteiger partial charge in [0, 0.05) is 12.1 Å². The Morgan fingerprint density at radius 2 is 2.28 bits per heavy atom. The normalized spacial score (nSPS) is 20.3. The average molecular weight is 249 g/mol. The van der Waals surface area contributed by atoms with E-state index in [1.807, 2.05) is 26.8 Å². The van der Waals surface area contributed by atoms with E-state index < -0.39 is 5.60 Å². The molecule has 0 unspecified atom stereocenters. The molecule has 2 rings (SSSR count). The molecule has 4 nitrogen and oxygen atoms in total. The minimum absolute atomic E-state index is 0.0221. The zero-order valence-electron chi connectivity index (χ0n) is 11.1. The summed E-state index contributed by atoms with van der Waals surface area (Å²) in [6, 6.07) is 1.85. The van der Waals surface area contributed by atoms with Crippen LogP contribution in [0.3, 0.4) is 0 Å². The van der Waals surface area contributed by atoms with E-state index >= 15 is 0 Å². The van der Waals surface area contributed by atoms with E-state index in [0.717, 1.165) is 17.6 Å². The largest absolute Gasteiger partial charge is 0.472 e. The van der Waals surface area contributed by atoms with Crippen molar-refractivity contribution in [1.29, 1.82) is 0 Å². The van der Waals surface area contributed by atoms with Gasteiger partial charge in [0.25, 0.3) is 0 Å². The van der Waals surface area contributed by atoms with Gasteiger partial charge in [0.1, 0.15) is 5.60 Å². The first-order valence-electron chi connectivity index (χ1n) is 6.05. The lowest BCUT2D eigenvalue weighted by Gasteiger charge is -2.27. The summed E-state index contributed by atoms with van der Waals surface area (Å²) in [4.78, 5) is 13.9. The van der Waals surface area contributed by atoms with Gasteiger partial charge in [0.05, 0.1) is 18.6 Å². The Labute approximate surface area is 107 Å². The van der Waals surface area contributed by atoms with Gasteiger partial charge >= 0.3 is 6.09 Å². The van der Waals surface area contributed by atoms with Crippen LogP contribution in [-0.2, 0) is 4.74 Å². The molecule has 1 aliphatic rings. The Balaban J connectivity index is 2.15. The van der Waals surface area contributed by atoms with Gasteiger partial charge < -0.3 is 9.15 Å². The maximum absolute atomic E-state index is 12.1. The van der Waals surface area contributed by atoms with Gasteiger partial charge in [-0.1, -0.05) is 12.2 Å². The van der Waals surface area contributed by atoms with Crippen molar-refractivity contribution in [1.82, 2.24) is 4.90 Å². The predicted octanol–water partition coefficient (Wildman–Crippen LogP) is 3.52. The van der Waals surface area contributed by atoms with Crippen molar-refractivity contribution in [3.63, 3.8) is 0 Å². The molecule has 1 aromatic heterocycles. The number of furan rings is 1. The van der Waals surface area contributed by atoms with E-state index in [1.165, 1.54) is 0 Å². The monoisotopic (exact) mass is 249 g/mol. The summed E-state index contributed by atoms with van der Waals surface area (Å²) in [6.45, 7) is 10.1. The molecule has 0 N–H and O–H groups in total. The average Bonchev–Trinajstić information content (AvgIpc) is 2.82. The second-order valence-corrected chi connectivity index (χ2v) is 5.63. The number of hydrogen-bond acceptors (Lipinski definition) is 3. The Hall–Kier alpha value is -1.71. The summed E-state index contributed by atoms with van der Waals surface area (Å²) in [5, 5.41) is 0. The van der Waals surface area contributed by atoms with E-state index in [1.54, 1.807) is 17.4 Å². The van der Waals surface area contributed by atoms with Crippen molar-refractivity contribution < 1.29 is 13.9 Å². The highest BCUT2D eigenvalue weighted by Crippen LogP contribution is 2.35. The summed E-state index contributed by atoms with van der Waals surface area (Å²) in [6.07, 6.45) is 3.75. The lowest BCUT2D eigenvalue weighted by Crippen LogP contribution is -2.36. The topological polar surface area (TPSA) is 42.7 Å². The SMILES string of the molecule is C=C1C[C@H](c2ccoc2)N(C(=O)OC(C)(C)C)C1. The molecule has 0 saturated carbocycles. The number of carbonyl (C=O) groups excluding carboxylic acids is 1. The number of ether oxygens (including phenoxy) is 1. The summed E-state index contributed by atoms with van der Waals surface area (Å²) in [7, 11) is 0. The number of amides is 1. The molecule has 98 valence electrons. The van der Waals surface area contributed by atoms with Crippen LogP contribution in [0.5, 0.6) is 0 Å². The van der Waals surface area contributed by atoms with Crippen molar-refractivity contribution in [3.8, 4) is 0 Å². The number of rotatable bonds is 1. The van der Waals surface area contributed by atoms with Crippen LogP contribution in [0.4, 0.5) is 4.79 Å². The first-order chi connectivity index (χ1) is 8.37. The first-order valence-corrected chi connectivity index (χ1v) is 6.05. The summed E-state index contributed by atoms with van der Waals surface area (Å²) >= 11 is 0. The third-order valence-electron chi connectivity index (χ3n) is 2.81. The Bertz CT molecular complexity index is 442. The van der Waals surface area contributed by atoms with Crippen molar-refractivity contribution in [3.05, 3.63) is 36.3 Å². The highest BCUT2D eigenvalue weighted by Gasteiger charge is 2.35. The minimum atomic E-state index is -0.484. The van der Waals surface area contributed by atoms with Crippen molar-refractivity contribution in [2.45, 2.75) is 38.8 Å². The molecule has 1 atom stereocenters. The fraction of sp³-hybridized carbons (Fsp3) is 0.500. The van der Waals surface area contributed by atoms with Gasteiger partial charge in [0.2, 0.25) is 0 Å². The highest BCUT2D eigenvalue weighted by atomic mass is 16.6. The lowest BCUT2D eigenvalue weighted by atomic mass is 10.1. The number of hydrogen-bond donors (Lipinski definition) is 0. The molecular formula is C14H19NO3. The Morgan fingerprint density at radius 3 is 2.83 bits per heavy atom. The molecule has 0 spiro atoms. The van der Waals surface area contributed by atoms with Crippen LogP contribution >= 0.6 is 0 Å². The van der Waals surface area contributed by atoms with Crippen LogP contribution < -0.4 is 0 Å². The lowest BCUT2D eigenvalue weighted by molar-refractivity contribution is 0.0227. The van der Waals surface area contributed by atoms with Crippen LogP contribution in [0, 0.1) is 0 Å². The Morgan fingerprint density at radius 1 is 1.56 bits per heavy atom. The number of nitrogens with zero attached hydrogens (tertiary/aromatic N) is 1. The molecule has 1 saturated heterocycles. The third kappa shape index (κ3) is 2.75. The predicted molar refractivity (Wildman–Crippen MR) is 68.1 cm³/mol. The molecule has 2 heterocycles.